The van der Waals surface area contributed by atoms with Gasteiger partial charge in [0.2, 0.25) is 0 Å². The van der Waals surface area contributed by atoms with Crippen molar-refractivity contribution in [1.82, 2.24) is 0 Å². The first-order valence-electron chi connectivity index (χ1n) is 3.59. The summed E-state index contributed by atoms with van der Waals surface area (Å²) in [5.41, 5.74) is 7.41. The van der Waals surface area contributed by atoms with Crippen LogP contribution in [0.5, 0.6) is 5.75 Å². The van der Waals surface area contributed by atoms with Crippen molar-refractivity contribution in [2.75, 3.05) is 7.11 Å². The molecule has 0 saturated carbocycles. The summed E-state index contributed by atoms with van der Waals surface area (Å²) >= 11 is 4.86. The highest BCUT2D eigenvalue weighted by Gasteiger charge is 2.04. The first kappa shape index (κ1) is 9.00. The van der Waals surface area contributed by atoms with Gasteiger partial charge < -0.3 is 10.5 Å². The molecule has 3 heteroatoms. The Hall–Kier alpha value is -1.09. The van der Waals surface area contributed by atoms with E-state index < -0.39 is 0 Å². The minimum absolute atomic E-state index is 0.367. The predicted octanol–water partition coefficient (Wildman–Crippen LogP) is 1.64. The normalized spacial score (nSPS) is 9.50. The molecule has 0 aliphatic rings. The number of hydrogen-bond donors (Lipinski definition) is 1. The Morgan fingerprint density at radius 3 is 2.67 bits per heavy atom. The fourth-order valence-electron chi connectivity index (χ4n) is 1.00. The van der Waals surface area contributed by atoms with Crippen molar-refractivity contribution >= 4 is 17.2 Å². The maximum Gasteiger partial charge on any atom is 0.129 e. The van der Waals surface area contributed by atoms with Crippen molar-refractivity contribution in [2.45, 2.75) is 6.92 Å². The van der Waals surface area contributed by atoms with Gasteiger partial charge in [0.25, 0.3) is 0 Å². The minimum Gasteiger partial charge on any atom is -0.496 e. The Morgan fingerprint density at radius 2 is 2.17 bits per heavy atom. The van der Waals surface area contributed by atoms with Crippen molar-refractivity contribution in [3.05, 3.63) is 29.3 Å². The van der Waals surface area contributed by atoms with Crippen LogP contribution in [0.25, 0.3) is 0 Å². The van der Waals surface area contributed by atoms with E-state index in [0.717, 1.165) is 16.9 Å². The molecule has 0 spiro atoms. The van der Waals surface area contributed by atoms with Crippen LogP contribution in [0.2, 0.25) is 0 Å². The lowest BCUT2D eigenvalue weighted by Gasteiger charge is -2.06. The van der Waals surface area contributed by atoms with E-state index >= 15 is 0 Å². The minimum atomic E-state index is 0.367. The van der Waals surface area contributed by atoms with E-state index in [-0.39, 0.29) is 0 Å². The standard InChI is InChI=1S/C9H11NOS/c1-6-3-4-7(9(10)12)8(5-6)11-2/h3-5H,1-2H3,(H2,10,12). The Kier molecular flexibility index (Phi) is 2.65. The van der Waals surface area contributed by atoms with E-state index in [1.54, 1.807) is 7.11 Å². The fraction of sp³-hybridized carbons (Fsp3) is 0.222. The molecule has 64 valence electrons. The molecule has 1 aromatic rings. The largest absolute Gasteiger partial charge is 0.496 e. The molecular weight excluding hydrogens is 170 g/mol. The van der Waals surface area contributed by atoms with Crippen molar-refractivity contribution in [2.24, 2.45) is 5.73 Å². The van der Waals surface area contributed by atoms with E-state index in [1.807, 2.05) is 25.1 Å². The number of benzene rings is 1. The zero-order valence-electron chi connectivity index (χ0n) is 7.13. The quantitative estimate of drug-likeness (QED) is 0.704. The van der Waals surface area contributed by atoms with Crippen LogP contribution in [0.15, 0.2) is 18.2 Å². The first-order chi connectivity index (χ1) is 5.65. The topological polar surface area (TPSA) is 35.2 Å². The van der Waals surface area contributed by atoms with Gasteiger partial charge in [0, 0.05) is 0 Å². The summed E-state index contributed by atoms with van der Waals surface area (Å²) in [4.78, 5) is 0.367. The molecule has 0 atom stereocenters. The van der Waals surface area contributed by atoms with Gasteiger partial charge in [-0.2, -0.15) is 0 Å². The van der Waals surface area contributed by atoms with Gasteiger partial charge >= 0.3 is 0 Å². The van der Waals surface area contributed by atoms with Crippen LogP contribution >= 0.6 is 12.2 Å². The van der Waals surface area contributed by atoms with Crippen LogP contribution < -0.4 is 10.5 Å². The predicted molar refractivity (Wildman–Crippen MR) is 53.6 cm³/mol. The summed E-state index contributed by atoms with van der Waals surface area (Å²) in [5, 5.41) is 0. The van der Waals surface area contributed by atoms with Crippen LogP contribution in [0.4, 0.5) is 0 Å². The molecule has 1 aromatic carbocycles. The molecule has 0 bridgehead atoms. The molecule has 0 aliphatic heterocycles. The van der Waals surface area contributed by atoms with E-state index in [2.05, 4.69) is 0 Å². The highest BCUT2D eigenvalue weighted by atomic mass is 32.1. The Labute approximate surface area is 77.3 Å². The average molecular weight is 181 g/mol. The second-order valence-electron chi connectivity index (χ2n) is 2.57. The SMILES string of the molecule is COc1cc(C)ccc1C(N)=S. The Bertz CT molecular complexity index is 309. The molecule has 0 radical (unpaired) electrons. The van der Waals surface area contributed by atoms with Gasteiger partial charge in [-0.15, -0.1) is 0 Å². The summed E-state index contributed by atoms with van der Waals surface area (Å²) in [7, 11) is 1.61. The number of aryl methyl sites for hydroxylation is 1. The molecule has 2 N–H and O–H groups in total. The van der Waals surface area contributed by atoms with Gasteiger partial charge in [0.15, 0.2) is 0 Å². The van der Waals surface area contributed by atoms with Gasteiger partial charge in [-0.1, -0.05) is 18.3 Å². The molecule has 0 amide bonds. The molecule has 0 aromatic heterocycles. The zero-order chi connectivity index (χ0) is 9.14. The Morgan fingerprint density at radius 1 is 1.50 bits per heavy atom. The van der Waals surface area contributed by atoms with Gasteiger partial charge in [0.05, 0.1) is 12.7 Å². The highest BCUT2D eigenvalue weighted by molar-refractivity contribution is 7.80. The van der Waals surface area contributed by atoms with E-state index in [4.69, 9.17) is 22.7 Å². The Balaban J connectivity index is 3.20. The molecule has 0 heterocycles. The maximum atomic E-state index is 5.49. The molecule has 0 fully saturated rings. The van der Waals surface area contributed by atoms with Gasteiger partial charge in [0.1, 0.15) is 10.7 Å². The fourth-order valence-corrected chi connectivity index (χ4v) is 1.17. The van der Waals surface area contributed by atoms with Crippen molar-refractivity contribution < 1.29 is 4.74 Å². The lowest BCUT2D eigenvalue weighted by atomic mass is 10.1. The molecule has 2 nitrogen and oxygen atoms in total. The highest BCUT2D eigenvalue weighted by Crippen LogP contribution is 2.19. The summed E-state index contributed by atoms with van der Waals surface area (Å²) < 4.78 is 5.12. The number of thiocarbonyl (C=S) groups is 1. The lowest BCUT2D eigenvalue weighted by Crippen LogP contribution is -2.10. The third kappa shape index (κ3) is 1.74. The molecule has 1 rings (SSSR count). The summed E-state index contributed by atoms with van der Waals surface area (Å²) in [6.07, 6.45) is 0. The molecule has 0 saturated heterocycles. The van der Waals surface area contributed by atoms with Crippen LogP contribution in [-0.2, 0) is 0 Å². The number of methoxy groups -OCH3 is 1. The smallest absolute Gasteiger partial charge is 0.129 e. The second kappa shape index (κ2) is 3.54. The monoisotopic (exact) mass is 181 g/mol. The lowest BCUT2D eigenvalue weighted by molar-refractivity contribution is 0.413. The zero-order valence-corrected chi connectivity index (χ0v) is 7.94. The van der Waals surface area contributed by atoms with Crippen molar-refractivity contribution in [3.63, 3.8) is 0 Å². The number of hydrogen-bond acceptors (Lipinski definition) is 2. The average Bonchev–Trinajstić information content (AvgIpc) is 2.03. The van der Waals surface area contributed by atoms with Crippen LogP contribution in [0.1, 0.15) is 11.1 Å². The van der Waals surface area contributed by atoms with Crippen LogP contribution in [-0.4, -0.2) is 12.1 Å². The van der Waals surface area contributed by atoms with Crippen LogP contribution in [0, 0.1) is 6.92 Å². The van der Waals surface area contributed by atoms with E-state index in [0.29, 0.717) is 4.99 Å². The molecule has 0 unspecified atom stereocenters. The summed E-state index contributed by atoms with van der Waals surface area (Å²) in [6, 6.07) is 5.74. The first-order valence-corrected chi connectivity index (χ1v) is 4.00. The van der Waals surface area contributed by atoms with Gasteiger partial charge in [-0.05, 0) is 24.6 Å². The van der Waals surface area contributed by atoms with Gasteiger partial charge in [-0.25, -0.2) is 0 Å². The van der Waals surface area contributed by atoms with Gasteiger partial charge in [-0.3, -0.25) is 0 Å². The van der Waals surface area contributed by atoms with E-state index in [1.165, 1.54) is 0 Å². The number of rotatable bonds is 2. The van der Waals surface area contributed by atoms with Crippen molar-refractivity contribution in [3.8, 4) is 5.75 Å². The second-order valence-corrected chi connectivity index (χ2v) is 3.01. The third-order valence-electron chi connectivity index (χ3n) is 1.62. The summed E-state index contributed by atoms with van der Waals surface area (Å²) in [6.45, 7) is 1.99. The van der Waals surface area contributed by atoms with Crippen molar-refractivity contribution in [1.29, 1.82) is 0 Å². The van der Waals surface area contributed by atoms with Crippen LogP contribution in [0.3, 0.4) is 0 Å². The molecular formula is C9H11NOS. The number of ether oxygens (including phenoxy) is 1. The maximum absolute atomic E-state index is 5.49. The number of nitrogens with two attached hydrogens (primary N) is 1. The third-order valence-corrected chi connectivity index (χ3v) is 1.84. The van der Waals surface area contributed by atoms with E-state index in [9.17, 15) is 0 Å². The molecule has 0 aliphatic carbocycles. The summed E-state index contributed by atoms with van der Waals surface area (Å²) in [5.74, 6) is 0.738. The molecule has 12 heavy (non-hydrogen) atoms.